The van der Waals surface area contributed by atoms with E-state index >= 15 is 0 Å². The summed E-state index contributed by atoms with van der Waals surface area (Å²) in [7, 11) is 0. The van der Waals surface area contributed by atoms with Crippen LogP contribution in [0.1, 0.15) is 32.4 Å². The molecule has 20 heavy (non-hydrogen) atoms. The Morgan fingerprint density at radius 2 is 1.90 bits per heavy atom. The molecule has 1 atom stereocenters. The summed E-state index contributed by atoms with van der Waals surface area (Å²) in [5, 5.41) is 3.46. The van der Waals surface area contributed by atoms with Crippen molar-refractivity contribution in [2.45, 2.75) is 26.8 Å². The quantitative estimate of drug-likeness (QED) is 0.888. The molecule has 1 aliphatic rings. The number of piperazine rings is 1. The predicted octanol–water partition coefficient (Wildman–Crippen LogP) is 3.26. The molecule has 0 aromatic heterocycles. The van der Waals surface area contributed by atoms with Crippen LogP contribution in [0.15, 0.2) is 22.7 Å². The van der Waals surface area contributed by atoms with E-state index in [2.05, 4.69) is 70.0 Å². The average Bonchev–Trinajstić information content (AvgIpc) is 2.47. The minimum Gasteiger partial charge on any atom is -0.368 e. The second-order valence-corrected chi connectivity index (χ2v) is 6.27. The van der Waals surface area contributed by atoms with Gasteiger partial charge in [0.2, 0.25) is 0 Å². The molecule has 112 valence electrons. The van der Waals surface area contributed by atoms with E-state index in [9.17, 15) is 0 Å². The summed E-state index contributed by atoms with van der Waals surface area (Å²) in [6.07, 6.45) is 0. The van der Waals surface area contributed by atoms with Crippen LogP contribution in [0, 0.1) is 0 Å². The number of hydrogen-bond acceptors (Lipinski definition) is 3. The summed E-state index contributed by atoms with van der Waals surface area (Å²) in [5.41, 5.74) is 2.67. The number of nitrogens with zero attached hydrogens (tertiary/aromatic N) is 2. The maximum atomic E-state index is 3.75. The normalized spacial score (nSPS) is 18.3. The molecular weight excluding hydrogens is 314 g/mol. The molecule has 0 spiro atoms. The van der Waals surface area contributed by atoms with Gasteiger partial charge in [-0.1, -0.05) is 19.9 Å². The Morgan fingerprint density at radius 3 is 2.45 bits per heavy atom. The van der Waals surface area contributed by atoms with Crippen LogP contribution >= 0.6 is 15.9 Å². The van der Waals surface area contributed by atoms with Crippen molar-refractivity contribution in [3.63, 3.8) is 0 Å². The van der Waals surface area contributed by atoms with Crippen LogP contribution < -0.4 is 10.2 Å². The van der Waals surface area contributed by atoms with Crippen molar-refractivity contribution in [1.82, 2.24) is 10.2 Å². The van der Waals surface area contributed by atoms with Crippen LogP contribution in [0.5, 0.6) is 0 Å². The Balaban J connectivity index is 2.06. The number of anilines is 1. The van der Waals surface area contributed by atoms with Gasteiger partial charge < -0.3 is 15.1 Å². The third kappa shape index (κ3) is 3.74. The van der Waals surface area contributed by atoms with Crippen LogP contribution in [0.3, 0.4) is 0 Å². The molecule has 0 aliphatic carbocycles. The molecule has 1 aliphatic heterocycles. The molecule has 4 heteroatoms. The largest absolute Gasteiger partial charge is 0.368 e. The lowest BCUT2D eigenvalue weighted by Crippen LogP contribution is -2.46. The molecule has 1 unspecified atom stereocenters. The van der Waals surface area contributed by atoms with E-state index in [0.29, 0.717) is 6.04 Å². The first kappa shape index (κ1) is 15.8. The van der Waals surface area contributed by atoms with Crippen molar-refractivity contribution in [1.29, 1.82) is 0 Å². The van der Waals surface area contributed by atoms with Gasteiger partial charge in [0.05, 0.1) is 5.69 Å². The Labute approximate surface area is 131 Å². The Bertz CT molecular complexity index is 428. The summed E-state index contributed by atoms with van der Waals surface area (Å²) < 4.78 is 1.21. The molecule has 1 heterocycles. The van der Waals surface area contributed by atoms with Gasteiger partial charge in [0.15, 0.2) is 0 Å². The predicted molar refractivity (Wildman–Crippen MR) is 90.6 cm³/mol. The third-order valence-corrected chi connectivity index (χ3v) is 4.78. The van der Waals surface area contributed by atoms with E-state index in [1.54, 1.807) is 0 Å². The zero-order valence-electron chi connectivity index (χ0n) is 12.8. The first-order valence-corrected chi connectivity index (χ1v) is 8.45. The van der Waals surface area contributed by atoms with Gasteiger partial charge in [-0.25, -0.2) is 0 Å². The number of benzene rings is 1. The highest BCUT2D eigenvalue weighted by molar-refractivity contribution is 9.10. The summed E-state index contributed by atoms with van der Waals surface area (Å²) in [5.74, 6) is 0. The van der Waals surface area contributed by atoms with Crippen LogP contribution in [0.25, 0.3) is 0 Å². The van der Waals surface area contributed by atoms with E-state index < -0.39 is 0 Å². The maximum absolute atomic E-state index is 3.75. The van der Waals surface area contributed by atoms with Gasteiger partial charge in [0.25, 0.3) is 0 Å². The molecule has 0 saturated carbocycles. The number of likely N-dealkylation sites (N-methyl/N-ethyl adjacent to an activating group) is 1. The average molecular weight is 340 g/mol. The summed E-state index contributed by atoms with van der Waals surface area (Å²) in [6.45, 7) is 13.3. The van der Waals surface area contributed by atoms with Crippen molar-refractivity contribution in [3.8, 4) is 0 Å². The summed E-state index contributed by atoms with van der Waals surface area (Å²) >= 11 is 3.75. The first-order chi connectivity index (χ1) is 9.65. The molecule has 1 fully saturated rings. The zero-order chi connectivity index (χ0) is 14.5. The molecule has 0 bridgehead atoms. The van der Waals surface area contributed by atoms with Crippen molar-refractivity contribution < 1.29 is 0 Å². The van der Waals surface area contributed by atoms with Gasteiger partial charge in [-0.05, 0) is 53.6 Å². The van der Waals surface area contributed by atoms with Crippen LogP contribution in [0.4, 0.5) is 5.69 Å². The van der Waals surface area contributed by atoms with E-state index in [1.165, 1.54) is 28.8 Å². The number of halogens is 1. The summed E-state index contributed by atoms with van der Waals surface area (Å²) in [4.78, 5) is 4.99. The van der Waals surface area contributed by atoms with E-state index in [-0.39, 0.29) is 0 Å². The monoisotopic (exact) mass is 339 g/mol. The maximum Gasteiger partial charge on any atom is 0.0511 e. The summed E-state index contributed by atoms with van der Waals surface area (Å²) in [6, 6.07) is 7.17. The molecule has 0 radical (unpaired) electrons. The van der Waals surface area contributed by atoms with E-state index in [4.69, 9.17) is 0 Å². The van der Waals surface area contributed by atoms with Crippen LogP contribution in [-0.2, 0) is 0 Å². The highest BCUT2D eigenvalue weighted by atomic mass is 79.9. The van der Waals surface area contributed by atoms with Crippen molar-refractivity contribution in [2.75, 3.05) is 44.2 Å². The minimum absolute atomic E-state index is 0.405. The zero-order valence-corrected chi connectivity index (χ0v) is 14.4. The lowest BCUT2D eigenvalue weighted by molar-refractivity contribution is 0.271. The lowest BCUT2D eigenvalue weighted by Gasteiger charge is -2.36. The molecule has 3 nitrogen and oxygen atoms in total. The van der Waals surface area contributed by atoms with Gasteiger partial charge in [-0.2, -0.15) is 0 Å². The number of hydrogen-bond donors (Lipinski definition) is 1. The first-order valence-electron chi connectivity index (χ1n) is 7.65. The van der Waals surface area contributed by atoms with Crippen LogP contribution in [0.2, 0.25) is 0 Å². The second-order valence-electron chi connectivity index (χ2n) is 5.41. The smallest absolute Gasteiger partial charge is 0.0511 e. The van der Waals surface area contributed by atoms with Gasteiger partial charge in [-0.15, -0.1) is 0 Å². The van der Waals surface area contributed by atoms with Crippen LogP contribution in [-0.4, -0.2) is 44.2 Å². The van der Waals surface area contributed by atoms with E-state index in [0.717, 1.165) is 26.2 Å². The van der Waals surface area contributed by atoms with Crippen molar-refractivity contribution >= 4 is 21.6 Å². The van der Waals surface area contributed by atoms with Gasteiger partial charge in [-0.3, -0.25) is 0 Å². The molecule has 1 aromatic carbocycles. The van der Waals surface area contributed by atoms with Crippen molar-refractivity contribution in [3.05, 3.63) is 28.2 Å². The Hall–Kier alpha value is -0.580. The fourth-order valence-electron chi connectivity index (χ4n) is 2.78. The number of nitrogens with one attached hydrogen (secondary N) is 1. The Morgan fingerprint density at radius 1 is 1.20 bits per heavy atom. The van der Waals surface area contributed by atoms with Gasteiger partial charge in [0, 0.05) is 36.7 Å². The lowest BCUT2D eigenvalue weighted by atomic mass is 10.1. The fraction of sp³-hybridized carbons (Fsp3) is 0.625. The molecule has 1 saturated heterocycles. The highest BCUT2D eigenvalue weighted by Gasteiger charge is 2.18. The standard InChI is InChI=1S/C16H26BrN3/c1-4-18-13(3)14-6-7-16(15(17)12-14)20-10-8-19(5-2)9-11-20/h6-7,12-13,18H,4-5,8-11H2,1-3H3. The van der Waals surface area contributed by atoms with Gasteiger partial charge >= 0.3 is 0 Å². The molecule has 2 rings (SSSR count). The molecule has 1 N–H and O–H groups in total. The third-order valence-electron chi connectivity index (χ3n) is 4.14. The topological polar surface area (TPSA) is 18.5 Å². The fourth-order valence-corrected chi connectivity index (χ4v) is 3.43. The minimum atomic E-state index is 0.405. The Kier molecular flexibility index (Phi) is 5.87. The van der Waals surface area contributed by atoms with Crippen molar-refractivity contribution in [2.24, 2.45) is 0 Å². The molecule has 1 aromatic rings. The molecule has 0 amide bonds. The molecular formula is C16H26BrN3. The highest BCUT2D eigenvalue weighted by Crippen LogP contribution is 2.30. The van der Waals surface area contributed by atoms with Gasteiger partial charge in [0.1, 0.15) is 0 Å². The SMILES string of the molecule is CCNC(C)c1ccc(N2CCN(CC)CC2)c(Br)c1. The second kappa shape index (κ2) is 7.43. The number of rotatable bonds is 5. The van der Waals surface area contributed by atoms with E-state index in [1.807, 2.05) is 0 Å².